The Balaban J connectivity index is 1.92. The molecule has 0 atom stereocenters. The van der Waals surface area contributed by atoms with Crippen LogP contribution >= 0.6 is 0 Å². The van der Waals surface area contributed by atoms with Crippen LogP contribution in [0.4, 0.5) is 5.69 Å². The summed E-state index contributed by atoms with van der Waals surface area (Å²) >= 11 is 0. The van der Waals surface area contributed by atoms with Crippen molar-refractivity contribution >= 4 is 17.5 Å². The smallest absolute Gasteiger partial charge is 0.258 e. The van der Waals surface area contributed by atoms with Gasteiger partial charge in [0, 0.05) is 17.3 Å². The van der Waals surface area contributed by atoms with Crippen LogP contribution in [0.15, 0.2) is 48.5 Å². The lowest BCUT2D eigenvalue weighted by atomic mass is 9.87. The number of nitrogens with one attached hydrogen (secondary N) is 2. The Morgan fingerprint density at radius 1 is 0.963 bits per heavy atom. The second-order valence-corrected chi connectivity index (χ2v) is 7.82. The molecule has 2 aromatic carbocycles. The van der Waals surface area contributed by atoms with Gasteiger partial charge in [0.05, 0.1) is 0 Å². The predicted molar refractivity (Wildman–Crippen MR) is 108 cm³/mol. The van der Waals surface area contributed by atoms with Gasteiger partial charge in [-0.25, -0.2) is 0 Å². The zero-order chi connectivity index (χ0) is 20.0. The first-order chi connectivity index (χ1) is 12.6. The van der Waals surface area contributed by atoms with Gasteiger partial charge in [0.25, 0.3) is 11.8 Å². The molecule has 0 fully saturated rings. The number of carbonyl (C=O) groups is 2. The number of amides is 2. The monoisotopic (exact) mass is 368 g/mol. The van der Waals surface area contributed by atoms with Crippen molar-refractivity contribution in [3.8, 4) is 5.75 Å². The summed E-state index contributed by atoms with van der Waals surface area (Å²) in [6, 6.07) is 14.6. The van der Waals surface area contributed by atoms with Crippen LogP contribution in [0.2, 0.25) is 0 Å². The molecule has 2 aromatic rings. The van der Waals surface area contributed by atoms with Gasteiger partial charge < -0.3 is 15.4 Å². The molecule has 5 nitrogen and oxygen atoms in total. The maximum absolute atomic E-state index is 12.4. The van der Waals surface area contributed by atoms with Gasteiger partial charge in [-0.2, -0.15) is 0 Å². The molecule has 0 bridgehead atoms. The van der Waals surface area contributed by atoms with Crippen LogP contribution in [0, 0.1) is 0 Å². The zero-order valence-electron chi connectivity index (χ0n) is 16.6. The van der Waals surface area contributed by atoms with E-state index in [2.05, 4.69) is 31.4 Å². The highest BCUT2D eigenvalue weighted by atomic mass is 16.5. The average Bonchev–Trinajstić information content (AvgIpc) is 2.60. The molecule has 0 heterocycles. The second-order valence-electron chi connectivity index (χ2n) is 7.82. The first-order valence-electron chi connectivity index (χ1n) is 9.09. The third kappa shape index (κ3) is 6.44. The zero-order valence-corrected chi connectivity index (χ0v) is 16.6. The molecule has 144 valence electrons. The summed E-state index contributed by atoms with van der Waals surface area (Å²) in [4.78, 5) is 24.0. The standard InChI is InChI=1S/C22H28N2O3/c1-15(2)23-20(25)14-27-19-12-10-18(11-13-19)24-21(26)16-6-8-17(9-7-16)22(3,4)5/h6-13,15H,14H2,1-5H3,(H,23,25)(H,24,26). The van der Waals surface area contributed by atoms with Gasteiger partial charge in [-0.1, -0.05) is 32.9 Å². The number of rotatable bonds is 6. The van der Waals surface area contributed by atoms with E-state index in [1.54, 1.807) is 24.3 Å². The summed E-state index contributed by atoms with van der Waals surface area (Å²) in [6.07, 6.45) is 0. The molecule has 5 heteroatoms. The summed E-state index contributed by atoms with van der Waals surface area (Å²) in [5.74, 6) is 0.239. The SMILES string of the molecule is CC(C)NC(=O)COc1ccc(NC(=O)c2ccc(C(C)(C)C)cc2)cc1. The van der Waals surface area contributed by atoms with Crippen molar-refractivity contribution in [2.45, 2.75) is 46.1 Å². The van der Waals surface area contributed by atoms with E-state index >= 15 is 0 Å². The first kappa shape index (κ1) is 20.5. The molecule has 0 aliphatic carbocycles. The number of anilines is 1. The van der Waals surface area contributed by atoms with E-state index < -0.39 is 0 Å². The Bertz CT molecular complexity index is 773. The summed E-state index contributed by atoms with van der Waals surface area (Å²) < 4.78 is 5.43. The van der Waals surface area contributed by atoms with Gasteiger partial charge in [0.1, 0.15) is 5.75 Å². The highest BCUT2D eigenvalue weighted by molar-refractivity contribution is 6.04. The summed E-state index contributed by atoms with van der Waals surface area (Å²) in [5.41, 5.74) is 2.51. The maximum atomic E-state index is 12.4. The van der Waals surface area contributed by atoms with Crippen LogP contribution in [-0.2, 0) is 10.2 Å². The van der Waals surface area contributed by atoms with Crippen LogP contribution in [-0.4, -0.2) is 24.5 Å². The van der Waals surface area contributed by atoms with Crippen molar-refractivity contribution in [3.63, 3.8) is 0 Å². The van der Waals surface area contributed by atoms with Crippen molar-refractivity contribution in [1.29, 1.82) is 0 Å². The van der Waals surface area contributed by atoms with Crippen molar-refractivity contribution in [2.24, 2.45) is 0 Å². The van der Waals surface area contributed by atoms with Crippen LogP contribution in [0.3, 0.4) is 0 Å². The van der Waals surface area contributed by atoms with Gasteiger partial charge in [-0.05, 0) is 61.2 Å². The molecule has 0 aliphatic heterocycles. The lowest BCUT2D eigenvalue weighted by molar-refractivity contribution is -0.123. The number of ether oxygens (including phenoxy) is 1. The highest BCUT2D eigenvalue weighted by Gasteiger charge is 2.14. The fourth-order valence-electron chi connectivity index (χ4n) is 2.47. The Labute approximate surface area is 161 Å². The van der Waals surface area contributed by atoms with Crippen LogP contribution in [0.25, 0.3) is 0 Å². The molecule has 0 aromatic heterocycles. The lowest BCUT2D eigenvalue weighted by Crippen LogP contribution is -2.34. The van der Waals surface area contributed by atoms with Gasteiger partial charge in [-0.3, -0.25) is 9.59 Å². The number of hydrogen-bond acceptors (Lipinski definition) is 3. The Kier molecular flexibility index (Phi) is 6.61. The van der Waals surface area contributed by atoms with Crippen LogP contribution in [0.1, 0.15) is 50.5 Å². The normalized spacial score (nSPS) is 11.2. The van der Waals surface area contributed by atoms with Gasteiger partial charge in [0.2, 0.25) is 0 Å². The van der Waals surface area contributed by atoms with Crippen molar-refractivity contribution < 1.29 is 14.3 Å². The molecular formula is C22H28N2O3. The number of benzene rings is 2. The molecule has 0 saturated carbocycles. The van der Waals surface area contributed by atoms with Gasteiger partial charge in [0.15, 0.2) is 6.61 Å². The van der Waals surface area contributed by atoms with E-state index in [0.717, 1.165) is 0 Å². The topological polar surface area (TPSA) is 67.4 Å². The second kappa shape index (κ2) is 8.71. The summed E-state index contributed by atoms with van der Waals surface area (Å²) in [6.45, 7) is 10.2. The lowest BCUT2D eigenvalue weighted by Gasteiger charge is -2.19. The molecule has 0 spiro atoms. The van der Waals surface area contributed by atoms with E-state index in [0.29, 0.717) is 17.0 Å². The Hall–Kier alpha value is -2.82. The van der Waals surface area contributed by atoms with E-state index in [1.807, 2.05) is 38.1 Å². The largest absolute Gasteiger partial charge is 0.484 e. The van der Waals surface area contributed by atoms with E-state index in [4.69, 9.17) is 4.74 Å². The Morgan fingerprint density at radius 2 is 1.56 bits per heavy atom. The quantitative estimate of drug-likeness (QED) is 0.805. The molecule has 0 unspecified atom stereocenters. The third-order valence-electron chi connectivity index (χ3n) is 3.94. The highest BCUT2D eigenvalue weighted by Crippen LogP contribution is 2.22. The van der Waals surface area contributed by atoms with Crippen LogP contribution < -0.4 is 15.4 Å². The third-order valence-corrected chi connectivity index (χ3v) is 3.94. The average molecular weight is 368 g/mol. The molecule has 2 N–H and O–H groups in total. The molecule has 0 radical (unpaired) electrons. The fraction of sp³-hybridized carbons (Fsp3) is 0.364. The molecule has 27 heavy (non-hydrogen) atoms. The van der Waals surface area contributed by atoms with Gasteiger partial charge in [-0.15, -0.1) is 0 Å². The van der Waals surface area contributed by atoms with E-state index in [-0.39, 0.29) is 29.9 Å². The van der Waals surface area contributed by atoms with Crippen molar-refractivity contribution in [3.05, 3.63) is 59.7 Å². The summed E-state index contributed by atoms with van der Waals surface area (Å²) in [5, 5.41) is 5.62. The molecule has 0 saturated heterocycles. The molecule has 2 rings (SSSR count). The minimum atomic E-state index is -0.166. The maximum Gasteiger partial charge on any atom is 0.258 e. The molecule has 2 amide bonds. The van der Waals surface area contributed by atoms with Gasteiger partial charge >= 0.3 is 0 Å². The molecule has 0 aliphatic rings. The first-order valence-corrected chi connectivity index (χ1v) is 9.09. The number of carbonyl (C=O) groups excluding carboxylic acids is 2. The minimum Gasteiger partial charge on any atom is -0.484 e. The van der Waals surface area contributed by atoms with E-state index in [1.165, 1.54) is 5.56 Å². The Morgan fingerprint density at radius 3 is 2.07 bits per heavy atom. The predicted octanol–water partition coefficient (Wildman–Crippen LogP) is 4.14. The van der Waals surface area contributed by atoms with Crippen molar-refractivity contribution in [2.75, 3.05) is 11.9 Å². The number of hydrogen-bond donors (Lipinski definition) is 2. The van der Waals surface area contributed by atoms with Crippen molar-refractivity contribution in [1.82, 2.24) is 5.32 Å². The van der Waals surface area contributed by atoms with E-state index in [9.17, 15) is 9.59 Å². The summed E-state index contributed by atoms with van der Waals surface area (Å²) in [7, 11) is 0. The minimum absolute atomic E-state index is 0.0377. The molecular weight excluding hydrogens is 340 g/mol. The fourth-order valence-corrected chi connectivity index (χ4v) is 2.47. The van der Waals surface area contributed by atoms with Crippen LogP contribution in [0.5, 0.6) is 5.75 Å².